The molecular formula is C24H19ClN6O2S. The first kappa shape index (κ1) is 22.0. The minimum Gasteiger partial charge on any atom is -0.363 e. The first-order valence-electron chi connectivity index (χ1n) is 10.3. The predicted molar refractivity (Wildman–Crippen MR) is 131 cm³/mol. The van der Waals surface area contributed by atoms with E-state index < -0.39 is 9.84 Å². The summed E-state index contributed by atoms with van der Waals surface area (Å²) in [5.74, 6) is 0.885. The summed E-state index contributed by atoms with van der Waals surface area (Å²) in [7, 11) is -3.43. The predicted octanol–water partition coefficient (Wildman–Crippen LogP) is 4.52. The van der Waals surface area contributed by atoms with Crippen LogP contribution in [0.2, 0.25) is 5.02 Å². The number of nitrogens with one attached hydrogen (secondary N) is 1. The van der Waals surface area contributed by atoms with Crippen molar-refractivity contribution in [2.75, 3.05) is 11.6 Å². The van der Waals surface area contributed by atoms with Gasteiger partial charge in [0, 0.05) is 52.8 Å². The second kappa shape index (κ2) is 8.85. The molecule has 0 atom stereocenters. The summed E-state index contributed by atoms with van der Waals surface area (Å²) >= 11 is 6.48. The van der Waals surface area contributed by atoms with E-state index in [4.69, 9.17) is 16.6 Å². The molecule has 0 radical (unpaired) electrons. The van der Waals surface area contributed by atoms with Gasteiger partial charge in [-0.15, -0.1) is 5.10 Å². The molecule has 170 valence electrons. The molecular weight excluding hydrogens is 472 g/mol. The van der Waals surface area contributed by atoms with Crippen molar-refractivity contribution in [1.29, 1.82) is 0 Å². The van der Waals surface area contributed by atoms with Gasteiger partial charge in [0.15, 0.2) is 21.5 Å². The van der Waals surface area contributed by atoms with Gasteiger partial charge < -0.3 is 5.32 Å². The normalized spacial score (nSPS) is 11.6. The number of fused-ring (bicyclic) bond motifs is 1. The van der Waals surface area contributed by atoms with E-state index in [1.807, 2.05) is 54.7 Å². The number of rotatable bonds is 6. The molecule has 5 aromatic rings. The van der Waals surface area contributed by atoms with Gasteiger partial charge in [0.1, 0.15) is 5.52 Å². The van der Waals surface area contributed by atoms with Crippen molar-refractivity contribution in [3.05, 3.63) is 90.1 Å². The molecule has 0 spiro atoms. The molecule has 0 amide bonds. The second-order valence-electron chi connectivity index (χ2n) is 7.64. The number of aromatic nitrogens is 5. The summed E-state index contributed by atoms with van der Waals surface area (Å²) < 4.78 is 25.8. The Hall–Kier alpha value is -3.82. The zero-order chi connectivity index (χ0) is 23.7. The van der Waals surface area contributed by atoms with Crippen LogP contribution in [-0.4, -0.2) is 39.2 Å². The Bertz CT molecular complexity index is 1600. The molecule has 0 aliphatic heterocycles. The lowest BCUT2D eigenvalue weighted by atomic mass is 10.1. The first-order chi connectivity index (χ1) is 16.4. The van der Waals surface area contributed by atoms with Crippen molar-refractivity contribution in [3.63, 3.8) is 0 Å². The summed E-state index contributed by atoms with van der Waals surface area (Å²) in [5, 5.41) is 8.60. The van der Waals surface area contributed by atoms with Crippen molar-refractivity contribution in [2.24, 2.45) is 0 Å². The van der Waals surface area contributed by atoms with Crippen LogP contribution in [0.3, 0.4) is 0 Å². The van der Waals surface area contributed by atoms with Gasteiger partial charge in [-0.05, 0) is 30.3 Å². The van der Waals surface area contributed by atoms with E-state index in [-0.39, 0.29) is 4.90 Å². The minimum absolute atomic E-state index is 0.0981. The quantitative estimate of drug-likeness (QED) is 0.373. The molecule has 0 aliphatic carbocycles. The fourth-order valence-electron chi connectivity index (χ4n) is 3.59. The molecule has 4 aromatic heterocycles. The molecule has 4 heterocycles. The summed E-state index contributed by atoms with van der Waals surface area (Å²) in [6, 6.07) is 16.7. The van der Waals surface area contributed by atoms with E-state index in [0.29, 0.717) is 28.8 Å². The maximum atomic E-state index is 12.0. The van der Waals surface area contributed by atoms with Crippen LogP contribution in [0, 0.1) is 0 Å². The molecule has 8 nitrogen and oxygen atoms in total. The summed E-state index contributed by atoms with van der Waals surface area (Å²) in [4.78, 5) is 13.3. The summed E-state index contributed by atoms with van der Waals surface area (Å²) in [6.07, 6.45) is 7.53. The molecule has 0 aliphatic rings. The van der Waals surface area contributed by atoms with Gasteiger partial charge in [-0.3, -0.25) is 9.97 Å². The standard InChI is InChI=1S/C24H19ClN6O2S/c1-34(32,33)18-12-16(13-26-15-18)23-29-24(28-14-17-6-4-5-10-27-17)22-20(9-11-31(22)30-23)19-7-2-3-8-21(19)25/h2-13,15H,14H2,1H3,(H,28,29,30). The third-order valence-electron chi connectivity index (χ3n) is 5.24. The lowest BCUT2D eigenvalue weighted by Gasteiger charge is -2.12. The van der Waals surface area contributed by atoms with Gasteiger partial charge in [0.2, 0.25) is 0 Å². The smallest absolute Gasteiger partial charge is 0.183 e. The summed E-state index contributed by atoms with van der Waals surface area (Å²) in [5.41, 5.74) is 3.78. The molecule has 0 saturated carbocycles. The van der Waals surface area contributed by atoms with Gasteiger partial charge in [-0.25, -0.2) is 17.9 Å². The van der Waals surface area contributed by atoms with Crippen LogP contribution in [0.1, 0.15) is 5.69 Å². The Balaban J connectivity index is 1.67. The molecule has 10 heteroatoms. The van der Waals surface area contributed by atoms with Crippen LogP contribution < -0.4 is 5.32 Å². The van der Waals surface area contributed by atoms with E-state index in [2.05, 4.69) is 20.4 Å². The third kappa shape index (κ3) is 4.35. The molecule has 34 heavy (non-hydrogen) atoms. The SMILES string of the molecule is CS(=O)(=O)c1cncc(-c2nc(NCc3ccccn3)c3c(-c4ccccc4Cl)ccn3n2)c1. The number of anilines is 1. The average Bonchev–Trinajstić information content (AvgIpc) is 3.27. The number of sulfone groups is 1. The van der Waals surface area contributed by atoms with Gasteiger partial charge in [-0.2, -0.15) is 0 Å². The minimum atomic E-state index is -3.43. The monoisotopic (exact) mass is 490 g/mol. The number of benzene rings is 1. The van der Waals surface area contributed by atoms with Crippen LogP contribution in [0.25, 0.3) is 28.0 Å². The van der Waals surface area contributed by atoms with Crippen LogP contribution >= 0.6 is 11.6 Å². The van der Waals surface area contributed by atoms with Gasteiger partial charge in [0.05, 0.1) is 17.1 Å². The molecule has 0 bridgehead atoms. The van der Waals surface area contributed by atoms with Crippen molar-refractivity contribution < 1.29 is 8.42 Å². The Kier molecular flexibility index (Phi) is 5.72. The largest absolute Gasteiger partial charge is 0.363 e. The maximum absolute atomic E-state index is 12.0. The lowest BCUT2D eigenvalue weighted by molar-refractivity contribution is 0.601. The van der Waals surface area contributed by atoms with Crippen molar-refractivity contribution in [2.45, 2.75) is 11.4 Å². The first-order valence-corrected chi connectivity index (χ1v) is 12.6. The Morgan fingerprint density at radius 3 is 2.62 bits per heavy atom. The Morgan fingerprint density at radius 1 is 1.03 bits per heavy atom. The molecule has 0 fully saturated rings. The fraction of sp³-hybridized carbons (Fsp3) is 0.0833. The Morgan fingerprint density at radius 2 is 1.85 bits per heavy atom. The summed E-state index contributed by atoms with van der Waals surface area (Å²) in [6.45, 7) is 0.432. The van der Waals surface area contributed by atoms with Gasteiger partial charge in [-0.1, -0.05) is 35.9 Å². The van der Waals surface area contributed by atoms with Crippen molar-refractivity contribution in [1.82, 2.24) is 24.6 Å². The van der Waals surface area contributed by atoms with E-state index in [1.165, 1.54) is 18.5 Å². The van der Waals surface area contributed by atoms with Crippen LogP contribution in [0.15, 0.2) is 84.3 Å². The van der Waals surface area contributed by atoms with Crippen LogP contribution in [0.5, 0.6) is 0 Å². The number of hydrogen-bond donors (Lipinski definition) is 1. The van der Waals surface area contributed by atoms with E-state index >= 15 is 0 Å². The second-order valence-corrected chi connectivity index (χ2v) is 10.1. The van der Waals surface area contributed by atoms with E-state index in [9.17, 15) is 8.42 Å². The molecule has 5 rings (SSSR count). The maximum Gasteiger partial charge on any atom is 0.183 e. The number of nitrogens with zero attached hydrogens (tertiary/aromatic N) is 5. The molecule has 0 unspecified atom stereocenters. The fourth-order valence-corrected chi connectivity index (χ4v) is 4.42. The number of pyridine rings is 2. The van der Waals surface area contributed by atoms with Crippen molar-refractivity contribution in [3.8, 4) is 22.5 Å². The molecule has 0 saturated heterocycles. The van der Waals surface area contributed by atoms with Crippen LogP contribution in [-0.2, 0) is 16.4 Å². The highest BCUT2D eigenvalue weighted by molar-refractivity contribution is 7.90. The van der Waals surface area contributed by atoms with Gasteiger partial charge >= 0.3 is 0 Å². The van der Waals surface area contributed by atoms with Crippen LogP contribution in [0.4, 0.5) is 5.82 Å². The van der Waals surface area contributed by atoms with E-state index in [1.54, 1.807) is 10.7 Å². The highest BCUT2D eigenvalue weighted by Crippen LogP contribution is 2.35. The number of halogens is 1. The highest BCUT2D eigenvalue weighted by Gasteiger charge is 2.18. The zero-order valence-electron chi connectivity index (χ0n) is 18.1. The zero-order valence-corrected chi connectivity index (χ0v) is 19.6. The van der Waals surface area contributed by atoms with Gasteiger partial charge in [0.25, 0.3) is 0 Å². The highest BCUT2D eigenvalue weighted by atomic mass is 35.5. The topological polar surface area (TPSA) is 102 Å². The number of hydrogen-bond acceptors (Lipinski definition) is 7. The lowest BCUT2D eigenvalue weighted by Crippen LogP contribution is -2.08. The average molecular weight is 491 g/mol. The van der Waals surface area contributed by atoms with E-state index in [0.717, 1.165) is 28.6 Å². The molecule has 1 N–H and O–H groups in total. The third-order valence-corrected chi connectivity index (χ3v) is 6.65. The molecule has 1 aromatic carbocycles. The van der Waals surface area contributed by atoms with Crippen molar-refractivity contribution >= 4 is 32.8 Å². The Labute approximate surface area is 201 Å².